The van der Waals surface area contributed by atoms with Crippen molar-refractivity contribution in [3.63, 3.8) is 0 Å². The summed E-state index contributed by atoms with van der Waals surface area (Å²) < 4.78 is 15.6. The van der Waals surface area contributed by atoms with Crippen molar-refractivity contribution < 1.29 is 23.3 Å². The number of urea groups is 1. The molecule has 2 aliphatic rings. The van der Waals surface area contributed by atoms with E-state index < -0.39 is 17.1 Å². The van der Waals surface area contributed by atoms with E-state index >= 15 is 0 Å². The maximum Gasteiger partial charge on any atom is 0.501 e. The molecule has 6 nitrogen and oxygen atoms in total. The van der Waals surface area contributed by atoms with E-state index in [-0.39, 0.29) is 31.3 Å². The lowest BCUT2D eigenvalue weighted by atomic mass is 10.1. The number of hydrogen-bond donors (Lipinski definition) is 1. The van der Waals surface area contributed by atoms with E-state index in [1.165, 1.54) is 27.3 Å². The van der Waals surface area contributed by atoms with Gasteiger partial charge in [-0.25, -0.2) is 9.18 Å². The van der Waals surface area contributed by atoms with Crippen LogP contribution in [0.4, 0.5) is 9.18 Å². The van der Waals surface area contributed by atoms with Crippen molar-refractivity contribution in [2.75, 3.05) is 6.54 Å². The predicted molar refractivity (Wildman–Crippen MR) is 121 cm³/mol. The first-order valence-electron chi connectivity index (χ1n) is 10.4. The van der Waals surface area contributed by atoms with Gasteiger partial charge in [-0.2, -0.15) is 14.3 Å². The third-order valence-corrected chi connectivity index (χ3v) is 6.40. The summed E-state index contributed by atoms with van der Waals surface area (Å²) in [5.41, 5.74) is 1.96. The lowest BCUT2D eigenvalue weighted by Crippen LogP contribution is -2.55. The lowest BCUT2D eigenvalue weighted by Gasteiger charge is -2.24. The Morgan fingerprint density at radius 2 is 1.84 bits per heavy atom. The maximum absolute atomic E-state index is 14.2. The number of benzene rings is 2. The third kappa shape index (κ3) is 4.80. The average molecular weight is 453 g/mol. The number of nitrogens with one attached hydrogen (secondary N) is 1. The summed E-state index contributed by atoms with van der Waals surface area (Å²) in [6.07, 6.45) is 2.29. The van der Waals surface area contributed by atoms with Crippen LogP contribution >= 0.6 is 11.8 Å². The van der Waals surface area contributed by atoms with E-state index in [4.69, 9.17) is 0 Å². The molecule has 2 aliphatic heterocycles. The Hall–Kier alpha value is -3.26. The number of hydrogen-bond acceptors (Lipinski definition) is 4. The molecule has 0 fully saturated rings. The van der Waals surface area contributed by atoms with Crippen LogP contribution in [0.5, 0.6) is 0 Å². The Bertz CT molecular complexity index is 1100. The minimum absolute atomic E-state index is 0.0452. The van der Waals surface area contributed by atoms with Gasteiger partial charge >= 0.3 is 11.9 Å². The van der Waals surface area contributed by atoms with Gasteiger partial charge in [-0.05, 0) is 29.5 Å². The van der Waals surface area contributed by atoms with Crippen molar-refractivity contribution in [3.05, 3.63) is 83.0 Å². The Morgan fingerprint density at radius 3 is 2.62 bits per heavy atom. The van der Waals surface area contributed by atoms with Crippen LogP contribution in [-0.2, 0) is 22.7 Å². The molecule has 0 aliphatic carbocycles. The first-order chi connectivity index (χ1) is 15.5. The summed E-state index contributed by atoms with van der Waals surface area (Å²) in [7, 11) is 0. The molecule has 1 atom stereocenters. The van der Waals surface area contributed by atoms with Crippen LogP contribution in [0, 0.1) is 5.82 Å². The Morgan fingerprint density at radius 1 is 1.09 bits per heavy atom. The molecule has 0 saturated heterocycles. The molecule has 8 heteroatoms. The normalized spacial score (nSPS) is 17.7. The zero-order valence-electron chi connectivity index (χ0n) is 17.4. The quantitative estimate of drug-likeness (QED) is 0.623. The second-order valence-corrected chi connectivity index (χ2v) is 8.58. The van der Waals surface area contributed by atoms with Crippen molar-refractivity contribution in [2.24, 2.45) is 0 Å². The molecular weight excluding hydrogens is 429 g/mol. The zero-order valence-corrected chi connectivity index (χ0v) is 18.2. The van der Waals surface area contributed by atoms with E-state index in [2.05, 4.69) is 5.32 Å². The van der Waals surface area contributed by atoms with E-state index in [0.717, 1.165) is 5.56 Å². The largest absolute Gasteiger partial charge is 0.501 e. The van der Waals surface area contributed by atoms with Gasteiger partial charge in [0, 0.05) is 18.5 Å². The SMILES string of the molecule is O=C(CCCN1C(=O)C2SC=CC2=[N+](Cc2ccccc2F)C1=O)NCc1ccccc1. The number of fused-ring (bicyclic) bond motifs is 1. The summed E-state index contributed by atoms with van der Waals surface area (Å²) in [5.74, 6) is -0.835. The van der Waals surface area contributed by atoms with Crippen LogP contribution < -0.4 is 5.32 Å². The highest BCUT2D eigenvalue weighted by molar-refractivity contribution is 8.04. The summed E-state index contributed by atoms with van der Waals surface area (Å²) in [5, 5.41) is 4.10. The summed E-state index contributed by atoms with van der Waals surface area (Å²) in [4.78, 5) is 39.4. The van der Waals surface area contributed by atoms with Gasteiger partial charge in [-0.15, -0.1) is 11.8 Å². The second-order valence-electron chi connectivity index (χ2n) is 7.56. The van der Waals surface area contributed by atoms with Crippen molar-refractivity contribution in [2.45, 2.75) is 31.2 Å². The molecule has 2 aromatic rings. The fourth-order valence-corrected chi connectivity index (χ4v) is 4.66. The molecule has 1 N–H and O–H groups in total. The first kappa shape index (κ1) is 22.0. The van der Waals surface area contributed by atoms with E-state index in [9.17, 15) is 18.8 Å². The van der Waals surface area contributed by atoms with Crippen molar-refractivity contribution >= 4 is 35.3 Å². The fourth-order valence-electron chi connectivity index (χ4n) is 3.70. The molecule has 4 rings (SSSR count). The number of allylic oxidation sites excluding steroid dienone is 1. The number of carbonyl (C=O) groups excluding carboxylic acids is 3. The highest BCUT2D eigenvalue weighted by atomic mass is 32.2. The van der Waals surface area contributed by atoms with Gasteiger partial charge in [0.25, 0.3) is 0 Å². The number of carbonyl (C=O) groups is 3. The standard InChI is InChI=1S/C24H22FN3O3S/c25-19-10-5-4-9-18(19)16-28-20-12-14-32-22(20)23(30)27(24(28)31)13-6-11-21(29)26-15-17-7-2-1-3-8-17/h1-5,7-10,12,14,22H,6,11,13,15-16H2/p+1. The van der Waals surface area contributed by atoms with Gasteiger partial charge in [-0.3, -0.25) is 4.79 Å². The van der Waals surface area contributed by atoms with Crippen molar-refractivity contribution in [1.82, 2.24) is 10.2 Å². The minimum Gasteiger partial charge on any atom is -0.352 e. The molecule has 0 bridgehead atoms. The summed E-state index contributed by atoms with van der Waals surface area (Å²) in [6.45, 7) is 0.610. The molecule has 0 saturated carbocycles. The van der Waals surface area contributed by atoms with Gasteiger partial charge in [0.05, 0.1) is 6.54 Å². The predicted octanol–water partition coefficient (Wildman–Crippen LogP) is 3.47. The molecular formula is C24H23FN3O3S+. The number of imide groups is 1. The molecule has 4 amide bonds. The zero-order chi connectivity index (χ0) is 22.5. The van der Waals surface area contributed by atoms with Crippen LogP contribution in [0.3, 0.4) is 0 Å². The monoisotopic (exact) mass is 452 g/mol. The third-order valence-electron chi connectivity index (χ3n) is 5.39. The second kappa shape index (κ2) is 9.91. The molecule has 0 radical (unpaired) electrons. The molecule has 0 spiro atoms. The Kier molecular flexibility index (Phi) is 6.80. The highest BCUT2D eigenvalue weighted by Gasteiger charge is 2.48. The van der Waals surface area contributed by atoms with E-state index in [1.54, 1.807) is 29.7 Å². The molecule has 2 heterocycles. The molecule has 1 unspecified atom stereocenters. The van der Waals surface area contributed by atoms with Crippen LogP contribution in [0.15, 0.2) is 66.1 Å². The van der Waals surface area contributed by atoms with Gasteiger partial charge in [0.15, 0.2) is 5.25 Å². The average Bonchev–Trinajstić information content (AvgIpc) is 3.29. The molecule has 2 aromatic carbocycles. The molecule has 32 heavy (non-hydrogen) atoms. The number of halogens is 1. The van der Waals surface area contributed by atoms with Crippen LogP contribution in [-0.4, -0.2) is 44.8 Å². The number of nitrogens with zero attached hydrogens (tertiary/aromatic N) is 2. The lowest BCUT2D eigenvalue weighted by molar-refractivity contribution is -0.455. The number of rotatable bonds is 8. The summed E-state index contributed by atoms with van der Waals surface area (Å²) >= 11 is 1.33. The van der Waals surface area contributed by atoms with Crippen molar-refractivity contribution in [3.8, 4) is 0 Å². The fraction of sp³-hybridized carbons (Fsp3) is 0.250. The topological polar surface area (TPSA) is 69.5 Å². The van der Waals surface area contributed by atoms with E-state index in [0.29, 0.717) is 24.2 Å². The maximum atomic E-state index is 14.2. The Labute approximate surface area is 189 Å². The highest BCUT2D eigenvalue weighted by Crippen LogP contribution is 2.28. The van der Waals surface area contributed by atoms with Gasteiger partial charge < -0.3 is 5.32 Å². The van der Waals surface area contributed by atoms with Crippen LogP contribution in [0.2, 0.25) is 0 Å². The smallest absolute Gasteiger partial charge is 0.352 e. The van der Waals surface area contributed by atoms with Crippen molar-refractivity contribution in [1.29, 1.82) is 0 Å². The first-order valence-corrected chi connectivity index (χ1v) is 11.3. The number of amides is 4. The molecule has 0 aromatic heterocycles. The van der Waals surface area contributed by atoms with Gasteiger partial charge in [0.2, 0.25) is 5.91 Å². The number of thioether (sulfide) groups is 1. The van der Waals surface area contributed by atoms with Crippen LogP contribution in [0.1, 0.15) is 24.0 Å². The minimum atomic E-state index is -0.522. The van der Waals surface area contributed by atoms with Crippen LogP contribution in [0.25, 0.3) is 0 Å². The Balaban J connectivity index is 1.39. The molecule has 164 valence electrons. The van der Waals surface area contributed by atoms with E-state index in [1.807, 2.05) is 30.3 Å². The summed E-state index contributed by atoms with van der Waals surface area (Å²) in [6, 6.07) is 15.4. The van der Waals surface area contributed by atoms with Gasteiger partial charge in [0.1, 0.15) is 18.1 Å². The van der Waals surface area contributed by atoms with Gasteiger partial charge in [-0.1, -0.05) is 48.5 Å².